The molecule has 0 aliphatic carbocycles. The normalized spacial score (nSPS) is 11.5. The van der Waals surface area contributed by atoms with Crippen LogP contribution in [-0.2, 0) is 0 Å². The molecule has 2 heteroatoms. The van der Waals surface area contributed by atoms with Crippen LogP contribution in [0.5, 0.6) is 0 Å². The van der Waals surface area contributed by atoms with E-state index >= 15 is 0 Å². The van der Waals surface area contributed by atoms with Gasteiger partial charge in [-0.05, 0) is 86.6 Å². The number of hydrogen-bond donors (Lipinski definition) is 0. The van der Waals surface area contributed by atoms with E-state index in [0.717, 1.165) is 10.2 Å². The molecule has 0 aliphatic rings. The second-order valence-electron chi connectivity index (χ2n) is 10.7. The summed E-state index contributed by atoms with van der Waals surface area (Å²) < 4.78 is 3.50. The van der Waals surface area contributed by atoms with Gasteiger partial charge in [0.05, 0.1) is 11.0 Å². The minimum Gasteiger partial charge on any atom is -0.309 e. The molecule has 1 nitrogen and oxygen atoms in total. The van der Waals surface area contributed by atoms with Crippen LogP contribution in [0.2, 0.25) is 0 Å². The summed E-state index contributed by atoms with van der Waals surface area (Å²) in [5, 5.41) is 4.98. The first-order valence-corrected chi connectivity index (χ1v) is 15.0. The second-order valence-corrected chi connectivity index (χ2v) is 11.6. The van der Waals surface area contributed by atoms with Crippen molar-refractivity contribution < 1.29 is 0 Å². The zero-order valence-corrected chi connectivity index (χ0v) is 24.4. The van der Waals surface area contributed by atoms with Crippen LogP contribution in [0.3, 0.4) is 0 Å². The average Bonchev–Trinajstić information content (AvgIpc) is 3.38. The molecule has 7 aromatic carbocycles. The summed E-state index contributed by atoms with van der Waals surface area (Å²) in [4.78, 5) is 0. The van der Waals surface area contributed by atoms with E-state index in [0.29, 0.717) is 0 Å². The van der Waals surface area contributed by atoms with Gasteiger partial charge >= 0.3 is 0 Å². The van der Waals surface area contributed by atoms with Crippen LogP contribution in [0.4, 0.5) is 0 Å². The molecule has 1 heterocycles. The van der Waals surface area contributed by atoms with Gasteiger partial charge in [-0.2, -0.15) is 0 Å². The molecular formula is C40H26BrN. The third-order valence-electron chi connectivity index (χ3n) is 8.23. The summed E-state index contributed by atoms with van der Waals surface area (Å²) in [7, 11) is 0. The standard InChI is InChI=1S/C40H26BrN/c41-31-21-22-40-38(26-31)37-18-8-9-20-39(37)42(40)32-24-29(35-17-7-6-16-33(35)27-11-2-1-3-12-27)23-30(25-32)36-19-10-14-28-13-4-5-15-34(28)36/h1-26H. The van der Waals surface area contributed by atoms with Gasteiger partial charge in [0.1, 0.15) is 0 Å². The van der Waals surface area contributed by atoms with Gasteiger partial charge in [-0.15, -0.1) is 0 Å². The zero-order chi connectivity index (χ0) is 28.0. The number of aromatic nitrogens is 1. The summed E-state index contributed by atoms with van der Waals surface area (Å²) in [6.07, 6.45) is 0. The molecule has 8 rings (SSSR count). The summed E-state index contributed by atoms with van der Waals surface area (Å²) in [5.74, 6) is 0. The molecule has 42 heavy (non-hydrogen) atoms. The van der Waals surface area contributed by atoms with E-state index in [-0.39, 0.29) is 0 Å². The van der Waals surface area contributed by atoms with Crippen molar-refractivity contribution in [3.05, 3.63) is 162 Å². The van der Waals surface area contributed by atoms with Crippen molar-refractivity contribution in [3.8, 4) is 39.1 Å². The van der Waals surface area contributed by atoms with Crippen LogP contribution >= 0.6 is 15.9 Å². The Morgan fingerprint density at radius 3 is 1.81 bits per heavy atom. The Labute approximate surface area is 253 Å². The highest BCUT2D eigenvalue weighted by molar-refractivity contribution is 9.10. The highest BCUT2D eigenvalue weighted by atomic mass is 79.9. The Morgan fingerprint density at radius 2 is 0.976 bits per heavy atom. The Balaban J connectivity index is 1.47. The van der Waals surface area contributed by atoms with Crippen LogP contribution < -0.4 is 0 Å². The van der Waals surface area contributed by atoms with Crippen molar-refractivity contribution in [2.24, 2.45) is 0 Å². The molecule has 0 saturated heterocycles. The van der Waals surface area contributed by atoms with Gasteiger partial charge in [0.25, 0.3) is 0 Å². The largest absolute Gasteiger partial charge is 0.309 e. The molecule has 0 fully saturated rings. The second kappa shape index (κ2) is 10.2. The molecule has 0 unspecified atom stereocenters. The maximum atomic E-state index is 3.71. The van der Waals surface area contributed by atoms with E-state index in [2.05, 4.69) is 178 Å². The van der Waals surface area contributed by atoms with Crippen LogP contribution in [0, 0.1) is 0 Å². The average molecular weight is 601 g/mol. The first-order valence-electron chi connectivity index (χ1n) is 14.2. The van der Waals surface area contributed by atoms with Crippen LogP contribution in [0.25, 0.3) is 71.6 Å². The van der Waals surface area contributed by atoms with Crippen molar-refractivity contribution in [3.63, 3.8) is 0 Å². The van der Waals surface area contributed by atoms with E-state index in [4.69, 9.17) is 0 Å². The van der Waals surface area contributed by atoms with Crippen LogP contribution in [0.15, 0.2) is 162 Å². The minimum atomic E-state index is 1.08. The van der Waals surface area contributed by atoms with Crippen molar-refractivity contribution in [1.82, 2.24) is 4.57 Å². The summed E-state index contributed by atoms with van der Waals surface area (Å²) in [6, 6.07) is 57.1. The van der Waals surface area contributed by atoms with E-state index in [9.17, 15) is 0 Å². The van der Waals surface area contributed by atoms with E-state index in [1.807, 2.05) is 0 Å². The third kappa shape index (κ3) is 4.15. The van der Waals surface area contributed by atoms with Gasteiger partial charge in [0.2, 0.25) is 0 Å². The first-order chi connectivity index (χ1) is 20.7. The summed E-state index contributed by atoms with van der Waals surface area (Å²) in [6.45, 7) is 0. The Morgan fingerprint density at radius 1 is 0.381 bits per heavy atom. The number of fused-ring (bicyclic) bond motifs is 4. The lowest BCUT2D eigenvalue weighted by Gasteiger charge is -2.17. The molecule has 0 atom stereocenters. The number of hydrogen-bond acceptors (Lipinski definition) is 0. The van der Waals surface area contributed by atoms with Gasteiger partial charge in [-0.1, -0.05) is 131 Å². The number of halogens is 1. The van der Waals surface area contributed by atoms with E-state index < -0.39 is 0 Å². The Bertz CT molecular complexity index is 2250. The molecule has 0 bridgehead atoms. The monoisotopic (exact) mass is 599 g/mol. The minimum absolute atomic E-state index is 1.08. The Kier molecular flexibility index (Phi) is 6.01. The van der Waals surface area contributed by atoms with Crippen LogP contribution in [-0.4, -0.2) is 4.57 Å². The quantitative estimate of drug-likeness (QED) is 0.189. The lowest BCUT2D eigenvalue weighted by atomic mass is 9.91. The van der Waals surface area contributed by atoms with E-state index in [1.54, 1.807) is 0 Å². The molecule has 0 saturated carbocycles. The van der Waals surface area contributed by atoms with Gasteiger partial charge in [0, 0.05) is 20.9 Å². The molecule has 0 radical (unpaired) electrons. The maximum Gasteiger partial charge on any atom is 0.0541 e. The number of nitrogens with zero attached hydrogens (tertiary/aromatic N) is 1. The third-order valence-corrected chi connectivity index (χ3v) is 8.73. The first kappa shape index (κ1) is 24.8. The Hall–Kier alpha value is -4.92. The number of rotatable bonds is 4. The van der Waals surface area contributed by atoms with Gasteiger partial charge < -0.3 is 4.57 Å². The smallest absolute Gasteiger partial charge is 0.0541 e. The molecule has 8 aromatic rings. The van der Waals surface area contributed by atoms with E-state index in [1.165, 1.54) is 66.0 Å². The lowest BCUT2D eigenvalue weighted by Crippen LogP contribution is -1.97. The zero-order valence-electron chi connectivity index (χ0n) is 22.8. The van der Waals surface area contributed by atoms with Crippen molar-refractivity contribution in [2.45, 2.75) is 0 Å². The van der Waals surface area contributed by atoms with Crippen molar-refractivity contribution >= 4 is 48.5 Å². The number of para-hydroxylation sites is 1. The molecule has 0 amide bonds. The fourth-order valence-corrected chi connectivity index (χ4v) is 6.72. The van der Waals surface area contributed by atoms with Gasteiger partial charge in [0.15, 0.2) is 0 Å². The highest BCUT2D eigenvalue weighted by Crippen LogP contribution is 2.40. The molecule has 198 valence electrons. The maximum absolute atomic E-state index is 3.71. The lowest BCUT2D eigenvalue weighted by molar-refractivity contribution is 1.18. The van der Waals surface area contributed by atoms with Crippen molar-refractivity contribution in [2.75, 3.05) is 0 Å². The molecular weight excluding hydrogens is 574 g/mol. The number of benzene rings is 7. The van der Waals surface area contributed by atoms with Gasteiger partial charge in [-0.3, -0.25) is 0 Å². The van der Waals surface area contributed by atoms with Gasteiger partial charge in [-0.25, -0.2) is 0 Å². The predicted octanol–water partition coefficient (Wildman–Crippen LogP) is 11.7. The summed E-state index contributed by atoms with van der Waals surface area (Å²) in [5.41, 5.74) is 10.8. The predicted molar refractivity (Wildman–Crippen MR) is 182 cm³/mol. The van der Waals surface area contributed by atoms with Crippen molar-refractivity contribution in [1.29, 1.82) is 0 Å². The summed E-state index contributed by atoms with van der Waals surface area (Å²) >= 11 is 3.71. The molecule has 1 aromatic heterocycles. The molecule has 0 aliphatic heterocycles. The van der Waals surface area contributed by atoms with Crippen LogP contribution in [0.1, 0.15) is 0 Å². The topological polar surface area (TPSA) is 4.93 Å². The fraction of sp³-hybridized carbons (Fsp3) is 0. The molecule has 0 N–H and O–H groups in total. The SMILES string of the molecule is Brc1ccc2c(c1)c1ccccc1n2-c1cc(-c2ccccc2-c2ccccc2)cc(-c2cccc3ccccc23)c1. The highest BCUT2D eigenvalue weighted by Gasteiger charge is 2.16. The fourth-order valence-electron chi connectivity index (χ4n) is 6.36. The molecule has 0 spiro atoms.